The smallest absolute Gasteiger partial charge is 0.412 e. The molecule has 132 valence electrons. The fraction of sp³-hybridized carbons (Fsp3) is 0.333. The number of carbonyl (C=O) groups excluding carboxylic acids is 1. The molecule has 1 amide bonds. The number of hydrogen-bond donors (Lipinski definition) is 1. The molecule has 1 N–H and O–H groups in total. The van der Waals surface area contributed by atoms with Crippen molar-refractivity contribution in [3.63, 3.8) is 0 Å². The quantitative estimate of drug-likeness (QED) is 0.912. The van der Waals surface area contributed by atoms with Crippen LogP contribution in [0.3, 0.4) is 0 Å². The van der Waals surface area contributed by atoms with Crippen LogP contribution < -0.4 is 5.32 Å². The van der Waals surface area contributed by atoms with Gasteiger partial charge in [0.2, 0.25) is 0 Å². The maximum atomic E-state index is 13.9. The fourth-order valence-electron chi connectivity index (χ4n) is 2.43. The Hall–Kier alpha value is -2.51. The van der Waals surface area contributed by atoms with Gasteiger partial charge in [0.1, 0.15) is 12.7 Å². The average Bonchev–Trinajstić information content (AvgIpc) is 2.96. The van der Waals surface area contributed by atoms with Gasteiger partial charge in [0.25, 0.3) is 0 Å². The van der Waals surface area contributed by atoms with Crippen LogP contribution in [0.4, 0.5) is 14.9 Å². The molecule has 0 unspecified atom stereocenters. The molecule has 0 bridgehead atoms. The van der Waals surface area contributed by atoms with E-state index in [1.807, 2.05) is 30.3 Å². The zero-order chi connectivity index (χ0) is 17.9. The minimum Gasteiger partial charge on any atom is -0.444 e. The summed E-state index contributed by atoms with van der Waals surface area (Å²) in [5.41, 5.74) is 1.30. The zero-order valence-electron chi connectivity index (χ0n) is 14.0. The molecule has 0 saturated carbocycles. The zero-order valence-corrected chi connectivity index (χ0v) is 14.0. The lowest BCUT2D eigenvalue weighted by Gasteiger charge is -2.17. The van der Waals surface area contributed by atoms with Crippen LogP contribution in [-0.2, 0) is 20.8 Å². The van der Waals surface area contributed by atoms with Gasteiger partial charge in [-0.1, -0.05) is 30.3 Å². The molecule has 0 aliphatic carbocycles. The molecule has 1 aliphatic heterocycles. The highest BCUT2D eigenvalue weighted by Gasteiger charge is 2.34. The summed E-state index contributed by atoms with van der Waals surface area (Å²) in [6.45, 7) is 3.98. The number of aromatic nitrogens is 1. The van der Waals surface area contributed by atoms with Gasteiger partial charge in [-0.05, 0) is 25.5 Å². The van der Waals surface area contributed by atoms with Gasteiger partial charge in [0, 0.05) is 0 Å². The molecule has 25 heavy (non-hydrogen) atoms. The third kappa shape index (κ3) is 4.52. The Morgan fingerprint density at radius 3 is 2.84 bits per heavy atom. The second-order valence-electron chi connectivity index (χ2n) is 6.09. The molecule has 1 aromatic heterocycles. The monoisotopic (exact) mass is 346 g/mol. The van der Waals surface area contributed by atoms with Crippen molar-refractivity contribution in [3.05, 3.63) is 59.7 Å². The highest BCUT2D eigenvalue weighted by molar-refractivity contribution is 5.84. The lowest BCUT2D eigenvalue weighted by atomic mass is 10.2. The van der Waals surface area contributed by atoms with Crippen molar-refractivity contribution in [2.45, 2.75) is 32.3 Å². The Labute approximate surface area is 144 Å². The lowest BCUT2D eigenvalue weighted by Crippen LogP contribution is -2.20. The number of hydrogen-bond acceptors (Lipinski definition) is 5. The predicted octanol–water partition coefficient (Wildman–Crippen LogP) is 3.79. The van der Waals surface area contributed by atoms with Gasteiger partial charge < -0.3 is 14.2 Å². The normalized spacial score (nSPS) is 18.8. The summed E-state index contributed by atoms with van der Waals surface area (Å²) < 4.78 is 30.2. The van der Waals surface area contributed by atoms with Crippen LogP contribution >= 0.6 is 0 Å². The van der Waals surface area contributed by atoms with Crippen LogP contribution in [0.25, 0.3) is 0 Å². The largest absolute Gasteiger partial charge is 0.444 e. The predicted molar refractivity (Wildman–Crippen MR) is 88.3 cm³/mol. The molecule has 2 heterocycles. The Bertz CT molecular complexity index is 752. The molecule has 1 aliphatic rings. The number of ether oxygens (including phenoxy) is 3. The first kappa shape index (κ1) is 17.3. The van der Waals surface area contributed by atoms with E-state index in [0.29, 0.717) is 12.3 Å². The molecule has 6 nitrogen and oxygen atoms in total. The minimum absolute atomic E-state index is 0.0173. The Morgan fingerprint density at radius 1 is 1.40 bits per heavy atom. The average molecular weight is 346 g/mol. The van der Waals surface area contributed by atoms with E-state index in [9.17, 15) is 9.18 Å². The first-order chi connectivity index (χ1) is 11.9. The molecule has 7 heteroatoms. The van der Waals surface area contributed by atoms with Gasteiger partial charge in [-0.15, -0.1) is 0 Å². The first-order valence-electron chi connectivity index (χ1n) is 7.88. The van der Waals surface area contributed by atoms with Crippen molar-refractivity contribution in [1.29, 1.82) is 0 Å². The number of pyridine rings is 1. The van der Waals surface area contributed by atoms with Crippen LogP contribution in [0.5, 0.6) is 0 Å². The first-order valence-corrected chi connectivity index (χ1v) is 7.88. The van der Waals surface area contributed by atoms with Crippen LogP contribution in [0.15, 0.2) is 42.6 Å². The molecule has 1 aromatic carbocycles. The molecule has 1 fully saturated rings. The maximum absolute atomic E-state index is 13.9. The molecular weight excluding hydrogens is 327 g/mol. The van der Waals surface area contributed by atoms with Gasteiger partial charge in [-0.25, -0.2) is 9.18 Å². The summed E-state index contributed by atoms with van der Waals surface area (Å²) in [4.78, 5) is 15.9. The van der Waals surface area contributed by atoms with Crippen LogP contribution in [-0.4, -0.2) is 23.5 Å². The van der Waals surface area contributed by atoms with E-state index in [2.05, 4.69) is 10.3 Å². The molecule has 0 spiro atoms. The van der Waals surface area contributed by atoms with E-state index >= 15 is 0 Å². The Balaban J connectivity index is 1.63. The summed E-state index contributed by atoms with van der Waals surface area (Å²) in [7, 11) is 0. The number of amides is 1. The minimum atomic E-state index is -0.746. The molecule has 1 saturated heterocycles. The van der Waals surface area contributed by atoms with Crippen LogP contribution in [0.1, 0.15) is 31.2 Å². The number of nitrogens with one attached hydrogen (secondary N) is 1. The fourth-order valence-corrected chi connectivity index (χ4v) is 2.43. The van der Waals surface area contributed by atoms with E-state index < -0.39 is 23.8 Å². The van der Waals surface area contributed by atoms with Gasteiger partial charge >= 0.3 is 6.09 Å². The van der Waals surface area contributed by atoms with E-state index in [-0.39, 0.29) is 12.3 Å². The molecule has 1 atom stereocenters. The van der Waals surface area contributed by atoms with Crippen LogP contribution in [0, 0.1) is 5.82 Å². The van der Waals surface area contributed by atoms with Gasteiger partial charge in [-0.3, -0.25) is 10.3 Å². The maximum Gasteiger partial charge on any atom is 0.412 e. The number of anilines is 1. The topological polar surface area (TPSA) is 69.7 Å². The summed E-state index contributed by atoms with van der Waals surface area (Å²) in [5, 5.41) is 2.39. The van der Waals surface area contributed by atoms with E-state index in [1.165, 1.54) is 6.07 Å². The summed E-state index contributed by atoms with van der Waals surface area (Å²) in [6, 6.07) is 10.6. The van der Waals surface area contributed by atoms with Crippen molar-refractivity contribution in [2.75, 3.05) is 11.9 Å². The highest BCUT2D eigenvalue weighted by Crippen LogP contribution is 2.33. The van der Waals surface area contributed by atoms with Crippen molar-refractivity contribution in [3.8, 4) is 0 Å². The Morgan fingerprint density at radius 2 is 2.16 bits per heavy atom. The number of benzene rings is 1. The number of halogens is 1. The highest BCUT2D eigenvalue weighted by atomic mass is 19.1. The summed E-state index contributed by atoms with van der Waals surface area (Å²) >= 11 is 0. The van der Waals surface area contributed by atoms with Crippen molar-refractivity contribution in [1.82, 2.24) is 4.98 Å². The SMILES string of the molecule is CC1(C)OC[C@@H](c2cc(NC(=O)OCc3ccccc3)c(F)cn2)O1. The molecule has 0 radical (unpaired) electrons. The Kier molecular flexibility index (Phi) is 4.96. The summed E-state index contributed by atoms with van der Waals surface area (Å²) in [5.74, 6) is -1.37. The third-order valence-electron chi connectivity index (χ3n) is 3.66. The van der Waals surface area contributed by atoms with E-state index in [4.69, 9.17) is 14.2 Å². The van der Waals surface area contributed by atoms with Gasteiger partial charge in [0.15, 0.2) is 11.6 Å². The van der Waals surface area contributed by atoms with Gasteiger partial charge in [-0.2, -0.15) is 0 Å². The second kappa shape index (κ2) is 7.16. The van der Waals surface area contributed by atoms with Crippen molar-refractivity contribution >= 4 is 11.8 Å². The number of carbonyl (C=O) groups is 1. The van der Waals surface area contributed by atoms with E-state index in [0.717, 1.165) is 11.8 Å². The molecule has 2 aromatic rings. The lowest BCUT2D eigenvalue weighted by molar-refractivity contribution is -0.139. The molecule has 3 rings (SSSR count). The molecular formula is C18H19FN2O4. The second-order valence-corrected chi connectivity index (χ2v) is 6.09. The van der Waals surface area contributed by atoms with Crippen molar-refractivity contribution in [2.24, 2.45) is 0 Å². The standard InChI is InChI=1S/C18H19FN2O4/c1-18(2)24-11-16(25-18)15-8-14(13(19)9-20-15)21-17(22)23-10-12-6-4-3-5-7-12/h3-9,16H,10-11H2,1-2H3,(H,20,21,22)/t16-/m0/s1. The summed E-state index contributed by atoms with van der Waals surface area (Å²) in [6.07, 6.45) is -0.128. The van der Waals surface area contributed by atoms with Crippen LogP contribution in [0.2, 0.25) is 0 Å². The number of nitrogens with zero attached hydrogens (tertiary/aromatic N) is 1. The van der Waals surface area contributed by atoms with Crippen molar-refractivity contribution < 1.29 is 23.4 Å². The van der Waals surface area contributed by atoms with E-state index in [1.54, 1.807) is 13.8 Å². The third-order valence-corrected chi connectivity index (χ3v) is 3.66. The van der Waals surface area contributed by atoms with Gasteiger partial charge in [0.05, 0.1) is 24.2 Å². The number of rotatable bonds is 4.